The van der Waals surface area contributed by atoms with Gasteiger partial charge in [0.15, 0.2) is 0 Å². The molecule has 0 aromatic heterocycles. The number of anilines is 1. The fraction of sp³-hybridized carbons (Fsp3) is 0.652. The van der Waals surface area contributed by atoms with Gasteiger partial charge in [-0.2, -0.15) is 0 Å². The molecule has 164 valence electrons. The van der Waals surface area contributed by atoms with Gasteiger partial charge in [0.2, 0.25) is 5.91 Å². The third-order valence-electron chi connectivity index (χ3n) is 7.37. The first-order valence-corrected chi connectivity index (χ1v) is 11.0. The Balaban J connectivity index is 1.48. The topological polar surface area (TPSA) is 55.9 Å². The molecule has 1 N–H and O–H groups in total. The van der Waals surface area contributed by atoms with Crippen LogP contribution in [0.25, 0.3) is 0 Å². The molecule has 0 saturated carbocycles. The molecular weight excluding hydrogens is 383 g/mol. The highest BCUT2D eigenvalue weighted by molar-refractivity contribution is 5.89. The van der Waals surface area contributed by atoms with Crippen LogP contribution >= 0.6 is 0 Å². The van der Waals surface area contributed by atoms with Crippen LogP contribution < -0.4 is 5.32 Å². The van der Waals surface area contributed by atoms with Gasteiger partial charge in [-0.15, -0.1) is 0 Å². The van der Waals surface area contributed by atoms with Crippen molar-refractivity contribution in [3.05, 3.63) is 30.1 Å². The van der Waals surface area contributed by atoms with Crippen molar-refractivity contribution < 1.29 is 14.0 Å². The van der Waals surface area contributed by atoms with E-state index in [0.717, 1.165) is 45.4 Å². The van der Waals surface area contributed by atoms with Gasteiger partial charge in [0.25, 0.3) is 0 Å². The average Bonchev–Trinajstić information content (AvgIpc) is 3.14. The minimum absolute atomic E-state index is 0.0701. The summed E-state index contributed by atoms with van der Waals surface area (Å²) in [7, 11) is 1.91. The normalized spacial score (nSPS) is 26.4. The molecule has 0 aliphatic carbocycles. The highest BCUT2D eigenvalue weighted by Gasteiger charge is 2.64. The van der Waals surface area contributed by atoms with E-state index in [1.54, 1.807) is 17.0 Å². The lowest BCUT2D eigenvalue weighted by atomic mass is 9.60. The molecule has 4 rings (SSSR count). The number of hydrogen-bond donors (Lipinski definition) is 1. The van der Waals surface area contributed by atoms with Crippen molar-refractivity contribution >= 4 is 17.6 Å². The van der Waals surface area contributed by atoms with Gasteiger partial charge < -0.3 is 20.0 Å². The van der Waals surface area contributed by atoms with Gasteiger partial charge in [-0.05, 0) is 43.4 Å². The summed E-state index contributed by atoms with van der Waals surface area (Å²) in [6.07, 6.45) is 2.57. The van der Waals surface area contributed by atoms with Gasteiger partial charge >= 0.3 is 6.03 Å². The molecule has 0 unspecified atom stereocenters. The molecule has 1 atom stereocenters. The average molecular weight is 417 g/mol. The zero-order chi connectivity index (χ0) is 21.5. The van der Waals surface area contributed by atoms with Crippen LogP contribution in [0.4, 0.5) is 14.9 Å². The van der Waals surface area contributed by atoms with E-state index in [0.29, 0.717) is 24.7 Å². The number of carbonyl (C=O) groups is 2. The fourth-order valence-corrected chi connectivity index (χ4v) is 5.94. The molecule has 3 fully saturated rings. The monoisotopic (exact) mass is 416 g/mol. The second kappa shape index (κ2) is 7.84. The number of fused-ring (bicyclic) bond motifs is 1. The molecule has 1 aromatic carbocycles. The number of urea groups is 1. The fourth-order valence-electron chi connectivity index (χ4n) is 5.94. The number of nitrogens with zero attached hydrogens (tertiary/aromatic N) is 3. The smallest absolute Gasteiger partial charge is 0.321 e. The molecule has 30 heavy (non-hydrogen) atoms. The number of likely N-dealkylation sites (tertiary alicyclic amines) is 3. The van der Waals surface area contributed by atoms with Crippen LogP contribution in [0.15, 0.2) is 24.3 Å². The molecule has 3 heterocycles. The predicted molar refractivity (Wildman–Crippen MR) is 115 cm³/mol. The highest BCUT2D eigenvalue weighted by Crippen LogP contribution is 2.57. The first-order valence-electron chi connectivity index (χ1n) is 11.0. The van der Waals surface area contributed by atoms with Crippen LogP contribution in [0.2, 0.25) is 0 Å². The Morgan fingerprint density at radius 1 is 1.17 bits per heavy atom. The molecule has 2 spiro atoms. The number of amides is 3. The van der Waals surface area contributed by atoms with Gasteiger partial charge in [-0.1, -0.05) is 19.9 Å². The molecule has 3 amide bonds. The Bertz CT molecular complexity index is 821. The molecule has 0 bridgehead atoms. The maximum atomic E-state index is 13.4. The largest absolute Gasteiger partial charge is 0.345 e. The summed E-state index contributed by atoms with van der Waals surface area (Å²) in [5, 5.41) is 2.80. The van der Waals surface area contributed by atoms with E-state index in [-0.39, 0.29) is 28.6 Å². The lowest BCUT2D eigenvalue weighted by molar-refractivity contribution is -0.141. The van der Waals surface area contributed by atoms with E-state index >= 15 is 0 Å². The number of carbonyl (C=O) groups excluding carboxylic acids is 2. The van der Waals surface area contributed by atoms with Crippen molar-refractivity contribution in [2.24, 2.45) is 16.7 Å². The molecule has 3 aliphatic rings. The third-order valence-corrected chi connectivity index (χ3v) is 7.37. The van der Waals surface area contributed by atoms with Crippen LogP contribution in [0.3, 0.4) is 0 Å². The molecular formula is C23H33FN4O2. The third kappa shape index (κ3) is 3.57. The summed E-state index contributed by atoms with van der Waals surface area (Å²) in [6.45, 7) is 9.28. The second-order valence-corrected chi connectivity index (χ2v) is 9.83. The van der Waals surface area contributed by atoms with E-state index < -0.39 is 0 Å². The van der Waals surface area contributed by atoms with E-state index in [4.69, 9.17) is 0 Å². The van der Waals surface area contributed by atoms with Crippen molar-refractivity contribution in [2.45, 2.75) is 33.1 Å². The Morgan fingerprint density at radius 2 is 1.90 bits per heavy atom. The number of nitrogens with one attached hydrogen (secondary N) is 1. The molecule has 1 aromatic rings. The lowest BCUT2D eigenvalue weighted by Crippen LogP contribution is -2.54. The van der Waals surface area contributed by atoms with Crippen molar-refractivity contribution in [1.82, 2.24) is 14.7 Å². The quantitative estimate of drug-likeness (QED) is 0.823. The number of piperidine rings is 1. The second-order valence-electron chi connectivity index (χ2n) is 9.83. The van der Waals surface area contributed by atoms with E-state index in [2.05, 4.69) is 24.1 Å². The number of halogens is 1. The maximum absolute atomic E-state index is 13.4. The van der Waals surface area contributed by atoms with Crippen molar-refractivity contribution in [1.29, 1.82) is 0 Å². The Labute approximate surface area is 178 Å². The van der Waals surface area contributed by atoms with Crippen LogP contribution in [-0.4, -0.2) is 73.0 Å². The van der Waals surface area contributed by atoms with Crippen LogP contribution in [0.5, 0.6) is 0 Å². The van der Waals surface area contributed by atoms with E-state index in [9.17, 15) is 14.0 Å². The summed E-state index contributed by atoms with van der Waals surface area (Å²) in [5.41, 5.74) is 0.0783. The lowest BCUT2D eigenvalue weighted by Gasteiger charge is -2.46. The molecule has 6 nitrogen and oxygen atoms in total. The van der Waals surface area contributed by atoms with Crippen molar-refractivity contribution in [3.63, 3.8) is 0 Å². The summed E-state index contributed by atoms with van der Waals surface area (Å²) >= 11 is 0. The Kier molecular flexibility index (Phi) is 5.51. The summed E-state index contributed by atoms with van der Waals surface area (Å²) < 4.78 is 13.4. The maximum Gasteiger partial charge on any atom is 0.321 e. The molecule has 3 saturated heterocycles. The number of benzene rings is 1. The summed E-state index contributed by atoms with van der Waals surface area (Å²) in [6, 6.07) is 5.76. The van der Waals surface area contributed by atoms with E-state index in [1.807, 2.05) is 11.9 Å². The number of rotatable bonds is 3. The first-order chi connectivity index (χ1) is 14.2. The van der Waals surface area contributed by atoms with Gasteiger partial charge in [-0.25, -0.2) is 9.18 Å². The van der Waals surface area contributed by atoms with Gasteiger partial charge in [0, 0.05) is 57.4 Å². The molecule has 0 radical (unpaired) electrons. The Hall–Kier alpha value is -2.15. The van der Waals surface area contributed by atoms with Crippen LogP contribution in [0.1, 0.15) is 33.1 Å². The van der Waals surface area contributed by atoms with Gasteiger partial charge in [-0.3, -0.25) is 4.79 Å². The molecule has 3 aliphatic heterocycles. The van der Waals surface area contributed by atoms with E-state index in [1.165, 1.54) is 12.1 Å². The number of hydrogen-bond acceptors (Lipinski definition) is 3. The van der Waals surface area contributed by atoms with Crippen LogP contribution in [0, 0.1) is 22.6 Å². The Morgan fingerprint density at radius 3 is 2.50 bits per heavy atom. The van der Waals surface area contributed by atoms with Gasteiger partial charge in [0.1, 0.15) is 5.82 Å². The SMILES string of the molecule is CC(C)CN1CC2(CCN(C(=O)Nc3cccc(F)c3)CC2)[C@@]2(CCN(C)C2=O)C1. The van der Waals surface area contributed by atoms with Crippen molar-refractivity contribution in [3.8, 4) is 0 Å². The minimum atomic E-state index is -0.368. The highest BCUT2D eigenvalue weighted by atomic mass is 19.1. The zero-order valence-electron chi connectivity index (χ0n) is 18.3. The molecule has 7 heteroatoms. The summed E-state index contributed by atoms with van der Waals surface area (Å²) in [5.74, 6) is 0.474. The first kappa shape index (κ1) is 21.1. The van der Waals surface area contributed by atoms with Gasteiger partial charge in [0.05, 0.1) is 5.41 Å². The zero-order valence-corrected chi connectivity index (χ0v) is 18.3. The van der Waals surface area contributed by atoms with Crippen LogP contribution in [-0.2, 0) is 4.79 Å². The minimum Gasteiger partial charge on any atom is -0.345 e. The summed E-state index contributed by atoms with van der Waals surface area (Å²) in [4.78, 5) is 32.2. The predicted octanol–water partition coefficient (Wildman–Crippen LogP) is 3.26. The standard InChI is InChI=1S/C23H33FN4O2/c1-17(2)14-27-15-22(23(16-27)9-10-26(3)20(23)29)7-11-28(12-8-22)21(30)25-19-6-4-5-18(24)13-19/h4-6,13,17H,7-12,14-16H2,1-3H3,(H,25,30)/t23-/m0/s1. The van der Waals surface area contributed by atoms with Crippen molar-refractivity contribution in [2.75, 3.05) is 51.6 Å².